The minimum atomic E-state index is 0.0605. The minimum Gasteiger partial charge on any atom is -0.352 e. The van der Waals surface area contributed by atoms with Gasteiger partial charge in [-0.25, -0.2) is 4.98 Å². The first-order valence-corrected chi connectivity index (χ1v) is 13.0. The molecule has 1 N–H and O–H groups in total. The molecule has 1 saturated heterocycles. The van der Waals surface area contributed by atoms with E-state index >= 15 is 0 Å². The summed E-state index contributed by atoms with van der Waals surface area (Å²) in [7, 11) is 0. The third kappa shape index (κ3) is 6.24. The van der Waals surface area contributed by atoms with Gasteiger partial charge in [-0.1, -0.05) is 43.1 Å². The van der Waals surface area contributed by atoms with Crippen LogP contribution >= 0.6 is 23.5 Å². The summed E-state index contributed by atoms with van der Waals surface area (Å²) in [5.41, 5.74) is 4.17. The van der Waals surface area contributed by atoms with E-state index in [1.54, 1.807) is 0 Å². The summed E-state index contributed by atoms with van der Waals surface area (Å²) in [5.74, 6) is 0.854. The van der Waals surface area contributed by atoms with Gasteiger partial charge in [0.15, 0.2) is 0 Å². The average Bonchev–Trinajstić information content (AvgIpc) is 2.87. The van der Waals surface area contributed by atoms with Crippen LogP contribution < -0.4 is 9.62 Å². The molecule has 1 aliphatic heterocycles. The maximum absolute atomic E-state index is 13.1. The predicted molar refractivity (Wildman–Crippen MR) is 143 cm³/mol. The molecule has 0 spiro atoms. The summed E-state index contributed by atoms with van der Waals surface area (Å²) in [4.78, 5) is 22.7. The second-order valence-electron chi connectivity index (χ2n) is 8.63. The molecular formula is C27H31ClN4OS. The van der Waals surface area contributed by atoms with Crippen molar-refractivity contribution in [2.75, 3.05) is 35.8 Å². The number of rotatable bonds is 8. The molecule has 0 atom stereocenters. The van der Waals surface area contributed by atoms with Crippen LogP contribution in [-0.4, -0.2) is 42.0 Å². The summed E-state index contributed by atoms with van der Waals surface area (Å²) in [6, 6.07) is 18.3. The van der Waals surface area contributed by atoms with Crippen molar-refractivity contribution in [2.24, 2.45) is 0 Å². The van der Waals surface area contributed by atoms with Gasteiger partial charge in [0.05, 0.1) is 5.02 Å². The van der Waals surface area contributed by atoms with Crippen LogP contribution in [0.5, 0.6) is 0 Å². The van der Waals surface area contributed by atoms with Crippen LogP contribution in [0.25, 0.3) is 0 Å². The van der Waals surface area contributed by atoms with Crippen molar-refractivity contribution in [3.63, 3.8) is 0 Å². The fourth-order valence-corrected chi connectivity index (χ4v) is 5.04. The van der Waals surface area contributed by atoms with Crippen LogP contribution in [0.1, 0.15) is 41.3 Å². The normalized spacial score (nSPS) is 13.7. The lowest BCUT2D eigenvalue weighted by Gasteiger charge is -2.35. The van der Waals surface area contributed by atoms with Gasteiger partial charge in [-0.2, -0.15) is 0 Å². The van der Waals surface area contributed by atoms with E-state index in [0.29, 0.717) is 36.8 Å². The number of pyridine rings is 1. The molecule has 0 saturated carbocycles. The van der Waals surface area contributed by atoms with E-state index in [4.69, 9.17) is 11.6 Å². The van der Waals surface area contributed by atoms with Gasteiger partial charge >= 0.3 is 0 Å². The number of piperazine rings is 1. The van der Waals surface area contributed by atoms with E-state index < -0.39 is 0 Å². The number of halogens is 1. The zero-order valence-corrected chi connectivity index (χ0v) is 21.3. The van der Waals surface area contributed by atoms with Gasteiger partial charge in [-0.05, 0) is 79.2 Å². The number of anilines is 2. The third-order valence-electron chi connectivity index (χ3n) is 5.97. The molecular weight excluding hydrogens is 464 g/mol. The molecule has 3 aromatic rings. The first kappa shape index (κ1) is 24.4. The quantitative estimate of drug-likeness (QED) is 0.364. The van der Waals surface area contributed by atoms with Crippen LogP contribution in [0, 0.1) is 6.92 Å². The maximum Gasteiger partial charge on any atom is 0.254 e. The van der Waals surface area contributed by atoms with Gasteiger partial charge < -0.3 is 14.5 Å². The first-order chi connectivity index (χ1) is 16.5. The van der Waals surface area contributed by atoms with Crippen molar-refractivity contribution in [3.05, 3.63) is 82.5 Å². The highest BCUT2D eigenvalue weighted by Gasteiger charge is 2.24. The van der Waals surface area contributed by atoms with Crippen LogP contribution in [-0.2, 0) is 6.42 Å². The number of nitrogens with one attached hydrogen (secondary N) is 1. The second-order valence-corrected chi connectivity index (χ2v) is 9.92. The smallest absolute Gasteiger partial charge is 0.254 e. The number of unbranched alkanes of at least 4 members (excludes halogenated alkanes) is 1. The number of carbonyl (C=O) groups excluding carboxylic acids is 1. The largest absolute Gasteiger partial charge is 0.352 e. The number of hydrogen-bond donors (Lipinski definition) is 1. The number of benzene rings is 2. The average molecular weight is 495 g/mol. The van der Waals surface area contributed by atoms with Crippen molar-refractivity contribution in [3.8, 4) is 0 Å². The fourth-order valence-electron chi connectivity index (χ4n) is 3.99. The molecule has 2 aromatic carbocycles. The van der Waals surface area contributed by atoms with Crippen LogP contribution in [0.3, 0.4) is 0 Å². The molecule has 1 aliphatic rings. The van der Waals surface area contributed by atoms with Crippen molar-refractivity contribution in [1.82, 2.24) is 9.88 Å². The lowest BCUT2D eigenvalue weighted by atomic mass is 10.1. The Bertz CT molecular complexity index is 1110. The maximum atomic E-state index is 13.1. The Labute approximate surface area is 211 Å². The molecule has 0 radical (unpaired) electrons. The molecule has 4 rings (SSSR count). The number of amides is 1. The van der Waals surface area contributed by atoms with Gasteiger partial charge in [0, 0.05) is 48.5 Å². The molecule has 34 heavy (non-hydrogen) atoms. The number of nitrogens with zero attached hydrogens (tertiary/aromatic N) is 3. The first-order valence-electron chi connectivity index (χ1n) is 11.8. The van der Waals surface area contributed by atoms with E-state index in [-0.39, 0.29) is 5.91 Å². The zero-order valence-electron chi connectivity index (χ0n) is 19.8. The molecule has 178 valence electrons. The SMILES string of the molecule is CCCCc1ccc(NSc2cccc(C(=O)N3CCN(c4ncc(C)cc4Cl)CC3)c2)cc1. The van der Waals surface area contributed by atoms with Gasteiger partial charge in [0.1, 0.15) is 5.82 Å². The van der Waals surface area contributed by atoms with Gasteiger partial charge in [0.2, 0.25) is 0 Å². The van der Waals surface area contributed by atoms with Gasteiger partial charge in [-0.15, -0.1) is 0 Å². The Morgan fingerprint density at radius 2 is 1.85 bits per heavy atom. The molecule has 2 heterocycles. The van der Waals surface area contributed by atoms with Gasteiger partial charge in [0.25, 0.3) is 5.91 Å². The van der Waals surface area contributed by atoms with E-state index in [1.807, 2.05) is 48.4 Å². The molecule has 1 aromatic heterocycles. The Hall–Kier alpha value is -2.70. The Morgan fingerprint density at radius 1 is 1.09 bits per heavy atom. The summed E-state index contributed by atoms with van der Waals surface area (Å²) in [6.45, 7) is 6.91. The Morgan fingerprint density at radius 3 is 2.56 bits per heavy atom. The highest BCUT2D eigenvalue weighted by Crippen LogP contribution is 2.26. The summed E-state index contributed by atoms with van der Waals surface area (Å²) >= 11 is 7.91. The molecule has 1 fully saturated rings. The topological polar surface area (TPSA) is 48.5 Å². The fraction of sp³-hybridized carbons (Fsp3) is 0.333. The summed E-state index contributed by atoms with van der Waals surface area (Å²) in [6.07, 6.45) is 5.38. The van der Waals surface area contributed by atoms with Crippen LogP contribution in [0.2, 0.25) is 5.02 Å². The number of aromatic nitrogens is 1. The third-order valence-corrected chi connectivity index (χ3v) is 7.07. The molecule has 0 unspecified atom stereocenters. The van der Waals surface area contributed by atoms with Crippen molar-refractivity contribution >= 4 is 41.0 Å². The summed E-state index contributed by atoms with van der Waals surface area (Å²) in [5, 5.41) is 0.660. The Balaban J connectivity index is 1.32. The number of hydrogen-bond acceptors (Lipinski definition) is 5. The Kier molecular flexibility index (Phi) is 8.35. The van der Waals surface area contributed by atoms with Gasteiger partial charge in [-0.3, -0.25) is 4.79 Å². The minimum absolute atomic E-state index is 0.0605. The molecule has 7 heteroatoms. The lowest BCUT2D eigenvalue weighted by molar-refractivity contribution is 0.0746. The second kappa shape index (κ2) is 11.6. The molecule has 0 bridgehead atoms. The molecule has 1 amide bonds. The molecule has 5 nitrogen and oxygen atoms in total. The highest BCUT2D eigenvalue weighted by molar-refractivity contribution is 8.00. The van der Waals surface area contributed by atoms with E-state index in [2.05, 4.69) is 45.8 Å². The van der Waals surface area contributed by atoms with Crippen molar-refractivity contribution < 1.29 is 4.79 Å². The van der Waals surface area contributed by atoms with Crippen LogP contribution in [0.4, 0.5) is 11.5 Å². The zero-order chi connectivity index (χ0) is 23.9. The monoisotopic (exact) mass is 494 g/mol. The van der Waals surface area contributed by atoms with E-state index in [0.717, 1.165) is 28.4 Å². The van der Waals surface area contributed by atoms with Crippen molar-refractivity contribution in [2.45, 2.75) is 38.0 Å². The van der Waals surface area contributed by atoms with E-state index in [1.165, 1.54) is 30.4 Å². The predicted octanol–water partition coefficient (Wildman–Crippen LogP) is 6.47. The summed E-state index contributed by atoms with van der Waals surface area (Å²) < 4.78 is 3.39. The van der Waals surface area contributed by atoms with E-state index in [9.17, 15) is 4.79 Å². The van der Waals surface area contributed by atoms with Crippen LogP contribution in [0.15, 0.2) is 65.7 Å². The molecule has 0 aliphatic carbocycles. The number of aryl methyl sites for hydroxylation is 2. The highest BCUT2D eigenvalue weighted by atomic mass is 35.5. The number of carbonyl (C=O) groups is 1. The standard InChI is InChI=1S/C27H31ClN4OS/c1-3-4-6-21-9-11-23(12-10-21)30-34-24-8-5-7-22(18-24)27(33)32-15-13-31(14-16-32)26-25(28)17-20(2)19-29-26/h5,7-12,17-19,30H,3-4,6,13-16H2,1-2H3. The lowest BCUT2D eigenvalue weighted by Crippen LogP contribution is -2.49. The van der Waals surface area contributed by atoms with Crippen molar-refractivity contribution in [1.29, 1.82) is 0 Å².